The molecule has 3 aromatic rings. The summed E-state index contributed by atoms with van der Waals surface area (Å²) in [5.41, 5.74) is 3.87. The fraction of sp³-hybridized carbons (Fsp3) is 0.333. The molecule has 3 rings (SSSR count). The second-order valence-electron chi connectivity index (χ2n) is 10.7. The molecule has 0 saturated heterocycles. The SMILES string of the molecule is CC(C)(C)c1cccc(C=NCC(N=Cc2cccc(C(C)(C)C)c2O)c2ccccc2)c1O. The number of aromatic hydroxyl groups is 2. The van der Waals surface area contributed by atoms with Crippen molar-refractivity contribution in [3.63, 3.8) is 0 Å². The predicted octanol–water partition coefficient (Wildman–Crippen LogP) is 6.97. The number of phenolic OH excluding ortho intramolecular Hbond substituents is 2. The van der Waals surface area contributed by atoms with Gasteiger partial charge in [0.05, 0.1) is 12.6 Å². The van der Waals surface area contributed by atoms with Gasteiger partial charge in [-0.05, 0) is 39.7 Å². The molecule has 34 heavy (non-hydrogen) atoms. The summed E-state index contributed by atoms with van der Waals surface area (Å²) in [5.74, 6) is 0.528. The Kier molecular flexibility index (Phi) is 7.61. The lowest BCUT2D eigenvalue weighted by Crippen LogP contribution is -2.12. The molecule has 0 bridgehead atoms. The van der Waals surface area contributed by atoms with Gasteiger partial charge in [0.1, 0.15) is 11.5 Å². The molecule has 3 aromatic carbocycles. The molecule has 0 aliphatic heterocycles. The fourth-order valence-electron chi connectivity index (χ4n) is 3.88. The molecule has 2 N–H and O–H groups in total. The van der Waals surface area contributed by atoms with Crippen molar-refractivity contribution >= 4 is 12.4 Å². The first-order valence-corrected chi connectivity index (χ1v) is 11.7. The lowest BCUT2D eigenvalue weighted by atomic mass is 9.85. The third-order valence-corrected chi connectivity index (χ3v) is 5.84. The number of benzene rings is 3. The number of hydrogen-bond donors (Lipinski definition) is 2. The van der Waals surface area contributed by atoms with Gasteiger partial charge in [0.15, 0.2) is 0 Å². The van der Waals surface area contributed by atoms with E-state index >= 15 is 0 Å². The zero-order valence-corrected chi connectivity index (χ0v) is 21.1. The third-order valence-electron chi connectivity index (χ3n) is 5.84. The van der Waals surface area contributed by atoms with E-state index in [0.29, 0.717) is 17.7 Å². The Morgan fingerprint density at radius 2 is 1.18 bits per heavy atom. The van der Waals surface area contributed by atoms with Crippen molar-refractivity contribution < 1.29 is 10.2 Å². The summed E-state index contributed by atoms with van der Waals surface area (Å²) in [6, 6.07) is 21.3. The maximum Gasteiger partial charge on any atom is 0.128 e. The largest absolute Gasteiger partial charge is 0.507 e. The van der Waals surface area contributed by atoms with Gasteiger partial charge in [-0.2, -0.15) is 0 Å². The Labute approximate surface area is 203 Å². The van der Waals surface area contributed by atoms with Crippen LogP contribution in [0.2, 0.25) is 0 Å². The number of hydrogen-bond acceptors (Lipinski definition) is 4. The van der Waals surface area contributed by atoms with Crippen LogP contribution in [0.3, 0.4) is 0 Å². The topological polar surface area (TPSA) is 65.2 Å². The maximum atomic E-state index is 10.8. The molecule has 0 radical (unpaired) electrons. The van der Waals surface area contributed by atoms with Crippen LogP contribution >= 0.6 is 0 Å². The van der Waals surface area contributed by atoms with E-state index in [-0.39, 0.29) is 28.4 Å². The summed E-state index contributed by atoms with van der Waals surface area (Å²) in [5, 5.41) is 21.5. The summed E-state index contributed by atoms with van der Waals surface area (Å²) in [6.45, 7) is 12.9. The van der Waals surface area contributed by atoms with Gasteiger partial charge >= 0.3 is 0 Å². The molecule has 4 heteroatoms. The van der Waals surface area contributed by atoms with Gasteiger partial charge < -0.3 is 10.2 Å². The standard InChI is InChI=1S/C30H36N2O2/c1-29(2,3)24-16-10-14-22(27(24)33)18-31-20-26(21-12-8-7-9-13-21)32-19-23-15-11-17-25(28(23)34)30(4,5)6/h7-19,26,33-34H,20H2,1-6H3. The van der Waals surface area contributed by atoms with E-state index in [0.717, 1.165) is 16.7 Å². The van der Waals surface area contributed by atoms with E-state index < -0.39 is 0 Å². The summed E-state index contributed by atoms with van der Waals surface area (Å²) in [7, 11) is 0. The predicted molar refractivity (Wildman–Crippen MR) is 143 cm³/mol. The molecular weight excluding hydrogens is 420 g/mol. The number of phenols is 2. The zero-order valence-electron chi connectivity index (χ0n) is 21.1. The van der Waals surface area contributed by atoms with Gasteiger partial charge in [0.25, 0.3) is 0 Å². The highest BCUT2D eigenvalue weighted by Crippen LogP contribution is 2.33. The van der Waals surface area contributed by atoms with Crippen molar-refractivity contribution in [3.05, 3.63) is 94.5 Å². The zero-order chi connectivity index (χ0) is 24.9. The molecule has 178 valence electrons. The lowest BCUT2D eigenvalue weighted by Gasteiger charge is -2.21. The van der Waals surface area contributed by atoms with Crippen LogP contribution in [0.15, 0.2) is 76.7 Å². The average molecular weight is 457 g/mol. The van der Waals surface area contributed by atoms with Crippen LogP contribution in [0.1, 0.15) is 75.4 Å². The van der Waals surface area contributed by atoms with Gasteiger partial charge in [-0.25, -0.2) is 0 Å². The van der Waals surface area contributed by atoms with Gasteiger partial charge in [0.2, 0.25) is 0 Å². The monoisotopic (exact) mass is 456 g/mol. The molecule has 0 aliphatic carbocycles. The van der Waals surface area contributed by atoms with Gasteiger partial charge in [-0.15, -0.1) is 0 Å². The van der Waals surface area contributed by atoms with Gasteiger partial charge in [-0.1, -0.05) is 96.1 Å². The van der Waals surface area contributed by atoms with Crippen molar-refractivity contribution in [2.75, 3.05) is 6.54 Å². The molecule has 0 saturated carbocycles. The van der Waals surface area contributed by atoms with E-state index in [1.165, 1.54) is 0 Å². The highest BCUT2D eigenvalue weighted by atomic mass is 16.3. The number of para-hydroxylation sites is 2. The van der Waals surface area contributed by atoms with Gasteiger partial charge in [-0.3, -0.25) is 9.98 Å². The van der Waals surface area contributed by atoms with Crippen LogP contribution < -0.4 is 0 Å². The molecule has 0 heterocycles. The van der Waals surface area contributed by atoms with Gasteiger partial charge in [0, 0.05) is 23.6 Å². The Morgan fingerprint density at radius 1 is 0.676 bits per heavy atom. The maximum absolute atomic E-state index is 10.8. The van der Waals surface area contributed by atoms with Crippen LogP contribution in [0.5, 0.6) is 11.5 Å². The molecule has 1 unspecified atom stereocenters. The van der Waals surface area contributed by atoms with E-state index in [9.17, 15) is 10.2 Å². The molecular formula is C30H36N2O2. The first kappa shape index (κ1) is 25.2. The van der Waals surface area contributed by atoms with E-state index in [4.69, 9.17) is 4.99 Å². The Bertz CT molecular complexity index is 1170. The number of rotatable bonds is 6. The van der Waals surface area contributed by atoms with Crippen LogP contribution in [0.25, 0.3) is 0 Å². The first-order valence-electron chi connectivity index (χ1n) is 11.7. The fourth-order valence-corrected chi connectivity index (χ4v) is 3.88. The van der Waals surface area contributed by atoms with Crippen molar-refractivity contribution in [2.24, 2.45) is 9.98 Å². The van der Waals surface area contributed by atoms with E-state index in [1.54, 1.807) is 12.4 Å². The Hall–Kier alpha value is -3.40. The number of nitrogens with zero attached hydrogens (tertiary/aromatic N) is 2. The van der Waals surface area contributed by atoms with Crippen LogP contribution in [0.4, 0.5) is 0 Å². The molecule has 0 amide bonds. The molecule has 0 spiro atoms. The summed E-state index contributed by atoms with van der Waals surface area (Å²) >= 11 is 0. The van der Waals surface area contributed by atoms with Crippen molar-refractivity contribution in [1.82, 2.24) is 0 Å². The van der Waals surface area contributed by atoms with Crippen molar-refractivity contribution in [3.8, 4) is 11.5 Å². The molecule has 0 fully saturated rings. The smallest absolute Gasteiger partial charge is 0.128 e. The minimum Gasteiger partial charge on any atom is -0.507 e. The van der Waals surface area contributed by atoms with Crippen molar-refractivity contribution in [2.45, 2.75) is 58.4 Å². The van der Waals surface area contributed by atoms with E-state index in [1.807, 2.05) is 66.7 Å². The highest BCUT2D eigenvalue weighted by Gasteiger charge is 2.20. The molecule has 0 aliphatic rings. The number of aliphatic imine (C=N–C) groups is 2. The minimum atomic E-state index is -0.219. The van der Waals surface area contributed by atoms with Crippen molar-refractivity contribution in [1.29, 1.82) is 0 Å². The molecule has 4 nitrogen and oxygen atoms in total. The Morgan fingerprint density at radius 3 is 1.68 bits per heavy atom. The first-order chi connectivity index (χ1) is 16.0. The summed E-state index contributed by atoms with van der Waals surface area (Å²) in [6.07, 6.45) is 3.45. The van der Waals surface area contributed by atoms with Crippen LogP contribution in [-0.4, -0.2) is 29.2 Å². The highest BCUT2D eigenvalue weighted by molar-refractivity contribution is 5.85. The lowest BCUT2D eigenvalue weighted by molar-refractivity contribution is 0.445. The van der Waals surface area contributed by atoms with E-state index in [2.05, 4.69) is 46.5 Å². The van der Waals surface area contributed by atoms with Crippen LogP contribution in [-0.2, 0) is 10.8 Å². The minimum absolute atomic E-state index is 0.158. The third kappa shape index (κ3) is 6.13. The molecule has 0 aromatic heterocycles. The normalized spacial score (nSPS) is 13.6. The summed E-state index contributed by atoms with van der Waals surface area (Å²) < 4.78 is 0. The summed E-state index contributed by atoms with van der Waals surface area (Å²) in [4.78, 5) is 9.43. The second-order valence-corrected chi connectivity index (χ2v) is 10.7. The molecule has 1 atom stereocenters. The Balaban J connectivity index is 1.89. The second kappa shape index (κ2) is 10.3. The average Bonchev–Trinajstić information content (AvgIpc) is 2.77. The quantitative estimate of drug-likeness (QED) is 0.393. The van der Waals surface area contributed by atoms with Crippen LogP contribution in [0, 0.1) is 0 Å².